The van der Waals surface area contributed by atoms with E-state index in [0.717, 1.165) is 5.56 Å². The van der Waals surface area contributed by atoms with E-state index in [0.29, 0.717) is 31.6 Å². The molecule has 1 atom stereocenters. The summed E-state index contributed by atoms with van der Waals surface area (Å²) in [5.41, 5.74) is 0.947. The SMILES string of the molecule is CC[C@@H](NC(=O)C(=O)Nc1ccn(CCCC(=O)N(C)C)n1)c1ccccc1. The van der Waals surface area contributed by atoms with Crippen LogP contribution in [0.4, 0.5) is 5.82 Å². The Morgan fingerprint density at radius 1 is 1.11 bits per heavy atom. The molecule has 2 N–H and O–H groups in total. The smallest absolute Gasteiger partial charge is 0.314 e. The maximum absolute atomic E-state index is 12.2. The highest BCUT2D eigenvalue weighted by molar-refractivity contribution is 6.39. The number of anilines is 1. The minimum atomic E-state index is -0.762. The van der Waals surface area contributed by atoms with Gasteiger partial charge in [-0.1, -0.05) is 37.3 Å². The zero-order chi connectivity index (χ0) is 20.5. The maximum Gasteiger partial charge on any atom is 0.314 e. The number of rotatable bonds is 8. The highest BCUT2D eigenvalue weighted by atomic mass is 16.2. The second kappa shape index (κ2) is 10.2. The van der Waals surface area contributed by atoms with Gasteiger partial charge in [-0.25, -0.2) is 0 Å². The zero-order valence-corrected chi connectivity index (χ0v) is 16.5. The highest BCUT2D eigenvalue weighted by Crippen LogP contribution is 2.15. The molecule has 8 nitrogen and oxygen atoms in total. The van der Waals surface area contributed by atoms with Crippen LogP contribution in [0.5, 0.6) is 0 Å². The lowest BCUT2D eigenvalue weighted by atomic mass is 10.0. The van der Waals surface area contributed by atoms with Gasteiger partial charge in [-0.2, -0.15) is 5.10 Å². The lowest BCUT2D eigenvalue weighted by Gasteiger charge is -2.16. The molecule has 2 rings (SSSR count). The van der Waals surface area contributed by atoms with E-state index in [2.05, 4.69) is 15.7 Å². The van der Waals surface area contributed by atoms with E-state index in [-0.39, 0.29) is 11.9 Å². The number of aryl methyl sites for hydroxylation is 1. The largest absolute Gasteiger partial charge is 0.349 e. The molecule has 3 amide bonds. The van der Waals surface area contributed by atoms with E-state index in [1.807, 2.05) is 37.3 Å². The molecule has 28 heavy (non-hydrogen) atoms. The van der Waals surface area contributed by atoms with Gasteiger partial charge < -0.3 is 15.5 Å². The minimum Gasteiger partial charge on any atom is -0.349 e. The molecular formula is C20H27N5O3. The van der Waals surface area contributed by atoms with Crippen molar-refractivity contribution in [2.75, 3.05) is 19.4 Å². The quantitative estimate of drug-likeness (QED) is 0.679. The van der Waals surface area contributed by atoms with Crippen molar-refractivity contribution in [3.63, 3.8) is 0 Å². The monoisotopic (exact) mass is 385 g/mol. The van der Waals surface area contributed by atoms with Gasteiger partial charge in [0.1, 0.15) is 0 Å². The molecule has 0 aliphatic heterocycles. The van der Waals surface area contributed by atoms with Crippen LogP contribution in [-0.2, 0) is 20.9 Å². The number of aromatic nitrogens is 2. The maximum atomic E-state index is 12.2. The van der Waals surface area contributed by atoms with Gasteiger partial charge in [0.25, 0.3) is 0 Å². The van der Waals surface area contributed by atoms with E-state index in [9.17, 15) is 14.4 Å². The first-order chi connectivity index (χ1) is 13.4. The van der Waals surface area contributed by atoms with E-state index in [1.165, 1.54) is 0 Å². The normalized spacial score (nSPS) is 11.5. The summed E-state index contributed by atoms with van der Waals surface area (Å²) in [4.78, 5) is 37.5. The fourth-order valence-electron chi connectivity index (χ4n) is 2.67. The van der Waals surface area contributed by atoms with Gasteiger partial charge >= 0.3 is 11.8 Å². The van der Waals surface area contributed by atoms with Crippen LogP contribution in [-0.4, -0.2) is 46.5 Å². The molecule has 0 saturated heterocycles. The number of hydrogen-bond donors (Lipinski definition) is 2. The molecule has 1 aromatic carbocycles. The average Bonchev–Trinajstić information content (AvgIpc) is 3.13. The Bertz CT molecular complexity index is 801. The van der Waals surface area contributed by atoms with Crippen molar-refractivity contribution in [3.8, 4) is 0 Å². The summed E-state index contributed by atoms with van der Waals surface area (Å²) >= 11 is 0. The molecule has 150 valence electrons. The summed E-state index contributed by atoms with van der Waals surface area (Å²) in [6.07, 6.45) is 3.44. The third-order valence-electron chi connectivity index (χ3n) is 4.28. The summed E-state index contributed by atoms with van der Waals surface area (Å²) in [7, 11) is 3.44. The van der Waals surface area contributed by atoms with E-state index < -0.39 is 11.8 Å². The Kier molecular flexibility index (Phi) is 7.74. The van der Waals surface area contributed by atoms with Crippen molar-refractivity contribution in [3.05, 3.63) is 48.2 Å². The Labute approximate surface area is 164 Å². The second-order valence-corrected chi connectivity index (χ2v) is 6.65. The first kappa shape index (κ1) is 21.1. The minimum absolute atomic E-state index is 0.0567. The first-order valence-corrected chi connectivity index (χ1v) is 9.31. The lowest BCUT2D eigenvalue weighted by molar-refractivity contribution is -0.136. The Balaban J connectivity index is 1.84. The summed E-state index contributed by atoms with van der Waals surface area (Å²) < 4.78 is 1.63. The van der Waals surface area contributed by atoms with Crippen LogP contribution < -0.4 is 10.6 Å². The molecule has 0 aliphatic rings. The molecule has 8 heteroatoms. The van der Waals surface area contributed by atoms with Gasteiger partial charge in [-0.15, -0.1) is 0 Å². The molecular weight excluding hydrogens is 358 g/mol. The molecule has 0 bridgehead atoms. The molecule has 0 unspecified atom stereocenters. The van der Waals surface area contributed by atoms with Crippen molar-refractivity contribution in [2.45, 2.75) is 38.8 Å². The topological polar surface area (TPSA) is 96.3 Å². The van der Waals surface area contributed by atoms with Crippen LogP contribution in [0.3, 0.4) is 0 Å². The predicted octanol–water partition coefficient (Wildman–Crippen LogP) is 1.96. The third kappa shape index (κ3) is 6.22. The van der Waals surface area contributed by atoms with E-state index in [1.54, 1.807) is 35.9 Å². The predicted molar refractivity (Wildman–Crippen MR) is 106 cm³/mol. The van der Waals surface area contributed by atoms with Crippen molar-refractivity contribution < 1.29 is 14.4 Å². The van der Waals surface area contributed by atoms with Crippen LogP contribution in [0, 0.1) is 0 Å². The van der Waals surface area contributed by atoms with Crippen molar-refractivity contribution >= 4 is 23.5 Å². The van der Waals surface area contributed by atoms with Crippen LogP contribution in [0.1, 0.15) is 37.8 Å². The fraction of sp³-hybridized carbons (Fsp3) is 0.400. The van der Waals surface area contributed by atoms with Crippen molar-refractivity contribution in [2.24, 2.45) is 0 Å². The Morgan fingerprint density at radius 3 is 2.46 bits per heavy atom. The number of carbonyl (C=O) groups excluding carboxylic acids is 3. The summed E-state index contributed by atoms with van der Waals surface area (Å²) in [6.45, 7) is 2.49. The Morgan fingerprint density at radius 2 is 1.82 bits per heavy atom. The Hall–Kier alpha value is -3.16. The number of carbonyl (C=O) groups is 3. The van der Waals surface area contributed by atoms with Gasteiger partial charge in [0.05, 0.1) is 6.04 Å². The summed E-state index contributed by atoms with van der Waals surface area (Å²) in [6, 6.07) is 10.9. The molecule has 0 spiro atoms. The standard InChI is InChI=1S/C20H27N5O3/c1-4-16(15-9-6-5-7-10-15)21-19(27)20(28)22-17-12-14-25(23-17)13-8-11-18(26)24(2)3/h5-7,9-10,12,14,16H,4,8,11,13H2,1-3H3,(H,21,27)(H,22,23,28)/t16-/m1/s1. The van der Waals surface area contributed by atoms with Crippen molar-refractivity contribution in [1.29, 1.82) is 0 Å². The highest BCUT2D eigenvalue weighted by Gasteiger charge is 2.19. The number of hydrogen-bond acceptors (Lipinski definition) is 4. The molecule has 0 fully saturated rings. The summed E-state index contributed by atoms with van der Waals surface area (Å²) in [5, 5.41) is 9.45. The van der Waals surface area contributed by atoms with Crippen LogP contribution in [0.15, 0.2) is 42.6 Å². The van der Waals surface area contributed by atoms with E-state index >= 15 is 0 Å². The van der Waals surface area contributed by atoms with E-state index in [4.69, 9.17) is 0 Å². The van der Waals surface area contributed by atoms with Gasteiger partial charge in [0.2, 0.25) is 5.91 Å². The fourth-order valence-corrected chi connectivity index (χ4v) is 2.67. The first-order valence-electron chi connectivity index (χ1n) is 9.31. The second-order valence-electron chi connectivity index (χ2n) is 6.65. The number of nitrogens with one attached hydrogen (secondary N) is 2. The lowest BCUT2D eigenvalue weighted by Crippen LogP contribution is -2.37. The van der Waals surface area contributed by atoms with Gasteiger partial charge in [-0.3, -0.25) is 19.1 Å². The number of benzene rings is 1. The third-order valence-corrected chi connectivity index (χ3v) is 4.28. The average molecular weight is 385 g/mol. The summed E-state index contributed by atoms with van der Waals surface area (Å²) in [5.74, 6) is -1.11. The number of nitrogens with zero attached hydrogens (tertiary/aromatic N) is 3. The van der Waals surface area contributed by atoms with Crippen LogP contribution >= 0.6 is 0 Å². The molecule has 0 saturated carbocycles. The van der Waals surface area contributed by atoms with Crippen molar-refractivity contribution in [1.82, 2.24) is 20.0 Å². The zero-order valence-electron chi connectivity index (χ0n) is 16.5. The molecule has 0 aliphatic carbocycles. The number of amides is 3. The van der Waals surface area contributed by atoms with Gasteiger partial charge in [0, 0.05) is 39.3 Å². The van der Waals surface area contributed by atoms with Gasteiger partial charge in [-0.05, 0) is 18.4 Å². The molecule has 0 radical (unpaired) electrons. The van der Waals surface area contributed by atoms with Gasteiger partial charge in [0.15, 0.2) is 5.82 Å². The molecule has 2 aromatic rings. The van der Waals surface area contributed by atoms with Crippen LogP contribution in [0.2, 0.25) is 0 Å². The molecule has 1 heterocycles. The van der Waals surface area contributed by atoms with Crippen LogP contribution in [0.25, 0.3) is 0 Å². The molecule has 1 aromatic heterocycles.